The topological polar surface area (TPSA) is 55.2 Å². The first-order valence-electron chi connectivity index (χ1n) is 6.67. The van der Waals surface area contributed by atoms with Gasteiger partial charge in [-0.15, -0.1) is 0 Å². The van der Waals surface area contributed by atoms with Gasteiger partial charge < -0.3 is 9.84 Å². The number of nitrogens with zero attached hydrogens (tertiary/aromatic N) is 2. The molecule has 0 fully saturated rings. The molecule has 0 atom stereocenters. The summed E-state index contributed by atoms with van der Waals surface area (Å²) in [5.74, 6) is 1.23. The Morgan fingerprint density at radius 2 is 1.76 bits per heavy atom. The smallest absolute Gasteiger partial charge is 0.298 e. The summed E-state index contributed by atoms with van der Waals surface area (Å²) in [7, 11) is 0. The molecule has 1 N–H and O–H groups in total. The predicted octanol–water partition coefficient (Wildman–Crippen LogP) is 4.49. The van der Waals surface area contributed by atoms with Gasteiger partial charge in [-0.2, -0.15) is 9.36 Å². The van der Waals surface area contributed by atoms with Gasteiger partial charge in [-0.25, -0.2) is 0 Å². The summed E-state index contributed by atoms with van der Waals surface area (Å²) in [6.07, 6.45) is 0. The maximum Gasteiger partial charge on any atom is 0.298 e. The number of phenols is 1. The lowest BCUT2D eigenvalue weighted by Crippen LogP contribution is -2.12. The first-order valence-corrected chi connectivity index (χ1v) is 7.44. The van der Waals surface area contributed by atoms with E-state index in [1.165, 1.54) is 11.5 Å². The second kappa shape index (κ2) is 5.00. The lowest BCUT2D eigenvalue weighted by molar-refractivity contribution is 0.408. The zero-order chi connectivity index (χ0) is 15.0. The van der Waals surface area contributed by atoms with Crippen molar-refractivity contribution in [3.05, 3.63) is 42.2 Å². The fourth-order valence-corrected chi connectivity index (χ4v) is 2.67. The second-order valence-electron chi connectivity index (χ2n) is 5.90. The maximum atomic E-state index is 10.1. The van der Waals surface area contributed by atoms with E-state index in [0.717, 1.165) is 16.6 Å². The van der Waals surface area contributed by atoms with E-state index < -0.39 is 0 Å². The Bertz CT molecular complexity index is 790. The Morgan fingerprint density at radius 3 is 2.38 bits per heavy atom. The molecular formula is C16H16N2O2S. The van der Waals surface area contributed by atoms with Crippen molar-refractivity contribution in [1.82, 2.24) is 9.36 Å². The second-order valence-corrected chi connectivity index (χ2v) is 6.62. The quantitative estimate of drug-likeness (QED) is 0.757. The summed E-state index contributed by atoms with van der Waals surface area (Å²) >= 11 is 1.19. The van der Waals surface area contributed by atoms with E-state index in [1.54, 1.807) is 6.07 Å². The molecule has 0 amide bonds. The van der Waals surface area contributed by atoms with Gasteiger partial charge >= 0.3 is 0 Å². The molecule has 0 aliphatic carbocycles. The third-order valence-corrected chi connectivity index (χ3v) is 3.70. The van der Waals surface area contributed by atoms with E-state index in [4.69, 9.17) is 4.74 Å². The molecule has 3 aromatic rings. The van der Waals surface area contributed by atoms with Gasteiger partial charge in [-0.3, -0.25) is 0 Å². The predicted molar refractivity (Wildman–Crippen MR) is 84.3 cm³/mol. The number of rotatable bonds is 2. The van der Waals surface area contributed by atoms with Crippen LogP contribution in [-0.4, -0.2) is 14.5 Å². The summed E-state index contributed by atoms with van der Waals surface area (Å²) < 4.78 is 9.99. The minimum Gasteiger partial charge on any atom is -0.504 e. The molecule has 5 heteroatoms. The van der Waals surface area contributed by atoms with Crippen molar-refractivity contribution < 1.29 is 9.84 Å². The molecule has 0 aliphatic heterocycles. The highest BCUT2D eigenvalue weighted by Gasteiger charge is 2.20. The molecule has 0 bridgehead atoms. The Kier molecular flexibility index (Phi) is 3.29. The highest BCUT2D eigenvalue weighted by Crippen LogP contribution is 2.36. The molecule has 1 heterocycles. The Balaban J connectivity index is 1.94. The van der Waals surface area contributed by atoms with Gasteiger partial charge in [0.1, 0.15) is 0 Å². The number of aromatic nitrogens is 2. The van der Waals surface area contributed by atoms with Gasteiger partial charge in [0.15, 0.2) is 17.3 Å². The number of ether oxygens (including phenoxy) is 1. The molecule has 0 saturated heterocycles. The standard InChI is InChI=1S/C16H16N2O2S/c1-16(2,3)14-17-15(21-18-14)20-13-9-11-7-5-4-6-10(11)8-12(13)19/h4-9,19H,1-3H3. The normalized spacial score (nSPS) is 11.8. The van der Waals surface area contributed by atoms with Crippen LogP contribution in [-0.2, 0) is 5.41 Å². The zero-order valence-corrected chi connectivity index (χ0v) is 12.9. The summed E-state index contributed by atoms with van der Waals surface area (Å²) in [6.45, 7) is 6.14. The largest absolute Gasteiger partial charge is 0.504 e. The lowest BCUT2D eigenvalue weighted by Gasteiger charge is -2.12. The van der Waals surface area contributed by atoms with Crippen LogP contribution in [0, 0.1) is 0 Å². The third kappa shape index (κ3) is 2.83. The Morgan fingerprint density at radius 1 is 1.10 bits per heavy atom. The molecule has 1 aromatic heterocycles. The van der Waals surface area contributed by atoms with Crippen LogP contribution in [0.1, 0.15) is 26.6 Å². The Labute approximate surface area is 127 Å². The van der Waals surface area contributed by atoms with Crippen LogP contribution in [0.5, 0.6) is 16.7 Å². The maximum absolute atomic E-state index is 10.1. The van der Waals surface area contributed by atoms with E-state index in [0.29, 0.717) is 10.9 Å². The van der Waals surface area contributed by atoms with E-state index >= 15 is 0 Å². The monoisotopic (exact) mass is 300 g/mol. The van der Waals surface area contributed by atoms with Gasteiger partial charge in [-0.05, 0) is 22.9 Å². The molecule has 0 saturated carbocycles. The number of fused-ring (bicyclic) bond motifs is 1. The van der Waals surface area contributed by atoms with Crippen molar-refractivity contribution in [2.75, 3.05) is 0 Å². The van der Waals surface area contributed by atoms with Gasteiger partial charge in [0.2, 0.25) is 0 Å². The van der Waals surface area contributed by atoms with Crippen LogP contribution in [0.4, 0.5) is 0 Å². The number of benzene rings is 2. The number of aromatic hydroxyl groups is 1. The molecule has 0 aliphatic rings. The average molecular weight is 300 g/mol. The molecular weight excluding hydrogens is 284 g/mol. The van der Waals surface area contributed by atoms with Gasteiger partial charge in [0.05, 0.1) is 0 Å². The minimum absolute atomic E-state index is 0.0983. The SMILES string of the molecule is CC(C)(C)c1nsc(Oc2cc3ccccc3cc2O)n1. The number of phenolic OH excluding ortho intramolecular Hbond substituents is 1. The van der Waals surface area contributed by atoms with Gasteiger partial charge in [-0.1, -0.05) is 45.0 Å². The van der Waals surface area contributed by atoms with E-state index in [2.05, 4.69) is 9.36 Å². The van der Waals surface area contributed by atoms with Crippen LogP contribution >= 0.6 is 11.5 Å². The van der Waals surface area contributed by atoms with E-state index in [-0.39, 0.29) is 11.2 Å². The molecule has 0 radical (unpaired) electrons. The van der Waals surface area contributed by atoms with Crippen LogP contribution < -0.4 is 4.74 Å². The minimum atomic E-state index is -0.121. The summed E-state index contributed by atoms with van der Waals surface area (Å²) in [5.41, 5.74) is -0.121. The van der Waals surface area contributed by atoms with Crippen LogP contribution in [0.2, 0.25) is 0 Å². The molecule has 108 valence electrons. The van der Waals surface area contributed by atoms with Crippen molar-refractivity contribution in [2.24, 2.45) is 0 Å². The highest BCUT2D eigenvalue weighted by molar-refractivity contribution is 7.07. The van der Waals surface area contributed by atoms with E-state index in [1.807, 2.05) is 51.1 Å². The summed E-state index contributed by atoms with van der Waals surface area (Å²) in [6, 6.07) is 11.3. The highest BCUT2D eigenvalue weighted by atomic mass is 32.1. The van der Waals surface area contributed by atoms with Gasteiger partial charge in [0.25, 0.3) is 5.19 Å². The first-order chi connectivity index (χ1) is 9.93. The summed E-state index contributed by atoms with van der Waals surface area (Å²) in [5, 5.41) is 12.5. The van der Waals surface area contributed by atoms with Crippen molar-refractivity contribution in [1.29, 1.82) is 0 Å². The van der Waals surface area contributed by atoms with Crippen molar-refractivity contribution >= 4 is 22.3 Å². The van der Waals surface area contributed by atoms with Gasteiger partial charge in [0, 0.05) is 16.9 Å². The zero-order valence-electron chi connectivity index (χ0n) is 12.1. The fourth-order valence-electron chi connectivity index (χ4n) is 1.94. The van der Waals surface area contributed by atoms with Crippen molar-refractivity contribution in [3.8, 4) is 16.7 Å². The first kappa shape index (κ1) is 13.8. The van der Waals surface area contributed by atoms with E-state index in [9.17, 15) is 5.11 Å². The fraction of sp³-hybridized carbons (Fsp3) is 0.250. The average Bonchev–Trinajstić information content (AvgIpc) is 2.88. The summed E-state index contributed by atoms with van der Waals surface area (Å²) in [4.78, 5) is 4.37. The molecule has 4 nitrogen and oxygen atoms in total. The van der Waals surface area contributed by atoms with Crippen LogP contribution in [0.25, 0.3) is 10.8 Å². The molecule has 21 heavy (non-hydrogen) atoms. The number of hydrogen-bond donors (Lipinski definition) is 1. The Hall–Kier alpha value is -2.14. The molecule has 3 rings (SSSR count). The number of hydrogen-bond acceptors (Lipinski definition) is 5. The van der Waals surface area contributed by atoms with Crippen molar-refractivity contribution in [2.45, 2.75) is 26.2 Å². The lowest BCUT2D eigenvalue weighted by atomic mass is 9.96. The van der Waals surface area contributed by atoms with Crippen LogP contribution in [0.15, 0.2) is 36.4 Å². The van der Waals surface area contributed by atoms with Crippen LogP contribution in [0.3, 0.4) is 0 Å². The molecule has 2 aromatic carbocycles. The van der Waals surface area contributed by atoms with Crippen molar-refractivity contribution in [3.63, 3.8) is 0 Å². The molecule has 0 unspecified atom stereocenters. The molecule has 0 spiro atoms. The third-order valence-electron chi connectivity index (χ3n) is 3.10.